The van der Waals surface area contributed by atoms with E-state index in [1.54, 1.807) is 0 Å². The van der Waals surface area contributed by atoms with Gasteiger partial charge in [0, 0.05) is 45.3 Å². The van der Waals surface area contributed by atoms with Gasteiger partial charge in [-0.2, -0.15) is 0 Å². The molecule has 1 heterocycles. The summed E-state index contributed by atoms with van der Waals surface area (Å²) in [6.45, 7) is 9.49. The summed E-state index contributed by atoms with van der Waals surface area (Å²) < 4.78 is 0. The fraction of sp³-hybridized carbons (Fsp3) is 1.00. The van der Waals surface area contributed by atoms with Crippen molar-refractivity contribution in [2.75, 3.05) is 39.3 Å². The van der Waals surface area contributed by atoms with Crippen molar-refractivity contribution in [2.24, 2.45) is 5.92 Å². The van der Waals surface area contributed by atoms with Crippen LogP contribution in [0.1, 0.15) is 19.8 Å². The van der Waals surface area contributed by atoms with E-state index in [0.29, 0.717) is 0 Å². The number of nitrogens with zero attached hydrogens (tertiary/aromatic N) is 1. The highest BCUT2D eigenvalue weighted by Gasteiger charge is 2.34. The van der Waals surface area contributed by atoms with Gasteiger partial charge in [0.2, 0.25) is 0 Å². The van der Waals surface area contributed by atoms with Crippen molar-refractivity contribution in [2.45, 2.75) is 25.8 Å². The summed E-state index contributed by atoms with van der Waals surface area (Å²) in [6, 6.07) is 0.850. The van der Waals surface area contributed by atoms with Gasteiger partial charge in [0.25, 0.3) is 0 Å². The van der Waals surface area contributed by atoms with Crippen LogP contribution < -0.4 is 10.6 Å². The second-order valence-corrected chi connectivity index (χ2v) is 4.56. The topological polar surface area (TPSA) is 27.3 Å². The number of hydrogen-bond acceptors (Lipinski definition) is 3. The fourth-order valence-electron chi connectivity index (χ4n) is 2.29. The van der Waals surface area contributed by atoms with Crippen molar-refractivity contribution < 1.29 is 0 Å². The normalized spacial score (nSPS) is 33.2. The van der Waals surface area contributed by atoms with Gasteiger partial charge in [0.05, 0.1) is 0 Å². The largest absolute Gasteiger partial charge is 0.314 e. The minimum Gasteiger partial charge on any atom is -0.314 e. The molecule has 0 bridgehead atoms. The summed E-state index contributed by atoms with van der Waals surface area (Å²) in [7, 11) is 0. The summed E-state index contributed by atoms with van der Waals surface area (Å²) in [5.74, 6) is 0.984. The molecule has 0 aromatic rings. The van der Waals surface area contributed by atoms with Crippen LogP contribution in [0.5, 0.6) is 0 Å². The van der Waals surface area contributed by atoms with E-state index in [-0.39, 0.29) is 0 Å². The summed E-state index contributed by atoms with van der Waals surface area (Å²) in [4.78, 5) is 2.55. The molecule has 1 saturated carbocycles. The lowest BCUT2D eigenvalue weighted by Gasteiger charge is -2.27. The Labute approximate surface area is 87.2 Å². The van der Waals surface area contributed by atoms with Crippen molar-refractivity contribution in [1.82, 2.24) is 15.5 Å². The van der Waals surface area contributed by atoms with Crippen molar-refractivity contribution in [3.63, 3.8) is 0 Å². The number of hydrogen-bond donors (Lipinski definition) is 2. The van der Waals surface area contributed by atoms with E-state index in [1.807, 2.05) is 0 Å². The molecule has 0 radical (unpaired) electrons. The molecule has 0 aromatic heterocycles. The third-order valence-corrected chi connectivity index (χ3v) is 3.49. The van der Waals surface area contributed by atoms with Crippen LogP contribution in [0.3, 0.4) is 0 Å². The molecule has 2 unspecified atom stereocenters. The Balaban J connectivity index is 1.50. The minimum atomic E-state index is 0.850. The van der Waals surface area contributed by atoms with Gasteiger partial charge in [-0.3, -0.25) is 4.90 Å². The highest BCUT2D eigenvalue weighted by atomic mass is 15.2. The molecule has 2 N–H and O–H groups in total. The van der Waals surface area contributed by atoms with E-state index < -0.39 is 0 Å². The Morgan fingerprint density at radius 1 is 1.36 bits per heavy atom. The first kappa shape index (κ1) is 10.4. The standard InChI is InChI=1S/C11H23N3/c1-2-10-9-11(10)13-5-8-14-6-3-12-4-7-14/h10-13H,2-9H2,1H3. The average Bonchev–Trinajstić information content (AvgIpc) is 2.98. The number of rotatable bonds is 5. The molecular weight excluding hydrogens is 174 g/mol. The first-order valence-corrected chi connectivity index (χ1v) is 6.06. The van der Waals surface area contributed by atoms with E-state index in [9.17, 15) is 0 Å². The molecule has 14 heavy (non-hydrogen) atoms. The Kier molecular flexibility index (Phi) is 3.79. The van der Waals surface area contributed by atoms with Gasteiger partial charge in [-0.15, -0.1) is 0 Å². The molecule has 0 amide bonds. The van der Waals surface area contributed by atoms with Crippen LogP contribution >= 0.6 is 0 Å². The first-order chi connectivity index (χ1) is 6.90. The smallest absolute Gasteiger partial charge is 0.0108 e. The van der Waals surface area contributed by atoms with Gasteiger partial charge >= 0.3 is 0 Å². The van der Waals surface area contributed by atoms with Crippen LogP contribution in [0.15, 0.2) is 0 Å². The average molecular weight is 197 g/mol. The van der Waals surface area contributed by atoms with Gasteiger partial charge in [-0.05, 0) is 12.3 Å². The van der Waals surface area contributed by atoms with Gasteiger partial charge in [0.15, 0.2) is 0 Å². The molecule has 3 nitrogen and oxygen atoms in total. The number of nitrogens with one attached hydrogen (secondary N) is 2. The zero-order valence-electron chi connectivity index (χ0n) is 9.26. The zero-order valence-corrected chi connectivity index (χ0v) is 9.26. The highest BCUT2D eigenvalue weighted by Crippen LogP contribution is 2.32. The lowest BCUT2D eigenvalue weighted by atomic mass is 10.3. The molecule has 2 aliphatic rings. The molecule has 3 heteroatoms. The van der Waals surface area contributed by atoms with Crippen molar-refractivity contribution in [1.29, 1.82) is 0 Å². The monoisotopic (exact) mass is 197 g/mol. The van der Waals surface area contributed by atoms with Crippen LogP contribution in [0, 0.1) is 5.92 Å². The second kappa shape index (κ2) is 5.10. The van der Waals surface area contributed by atoms with Crippen molar-refractivity contribution in [3.8, 4) is 0 Å². The van der Waals surface area contributed by atoms with Crippen molar-refractivity contribution >= 4 is 0 Å². The molecule has 2 rings (SSSR count). The molecule has 2 fully saturated rings. The van der Waals surface area contributed by atoms with Gasteiger partial charge in [0.1, 0.15) is 0 Å². The van der Waals surface area contributed by atoms with Gasteiger partial charge in [-0.1, -0.05) is 13.3 Å². The second-order valence-electron chi connectivity index (χ2n) is 4.56. The predicted molar refractivity (Wildman–Crippen MR) is 59.5 cm³/mol. The van der Waals surface area contributed by atoms with E-state index in [1.165, 1.54) is 52.1 Å². The van der Waals surface area contributed by atoms with E-state index >= 15 is 0 Å². The lowest BCUT2D eigenvalue weighted by molar-refractivity contribution is 0.240. The van der Waals surface area contributed by atoms with Crippen molar-refractivity contribution in [3.05, 3.63) is 0 Å². The Morgan fingerprint density at radius 3 is 2.79 bits per heavy atom. The summed E-state index contributed by atoms with van der Waals surface area (Å²) in [6.07, 6.45) is 2.77. The zero-order chi connectivity index (χ0) is 9.80. The van der Waals surface area contributed by atoms with Crippen LogP contribution in [0.4, 0.5) is 0 Å². The third-order valence-electron chi connectivity index (χ3n) is 3.49. The predicted octanol–water partition coefficient (Wildman–Crippen LogP) is 0.280. The summed E-state index contributed by atoms with van der Waals surface area (Å²) in [5, 5.41) is 7.02. The molecular formula is C11H23N3. The van der Waals surface area contributed by atoms with Crippen LogP contribution in [0.25, 0.3) is 0 Å². The SMILES string of the molecule is CCC1CC1NCCN1CCNCC1. The molecule has 1 saturated heterocycles. The molecule has 0 spiro atoms. The Morgan fingerprint density at radius 2 is 2.14 bits per heavy atom. The maximum atomic E-state index is 3.64. The Bertz CT molecular complexity index is 166. The van der Waals surface area contributed by atoms with Crippen LogP contribution in [-0.4, -0.2) is 50.2 Å². The highest BCUT2D eigenvalue weighted by molar-refractivity contribution is 4.91. The Hall–Kier alpha value is -0.120. The maximum Gasteiger partial charge on any atom is 0.0108 e. The quantitative estimate of drug-likeness (QED) is 0.663. The fourth-order valence-corrected chi connectivity index (χ4v) is 2.29. The van der Waals surface area contributed by atoms with E-state index in [2.05, 4.69) is 22.5 Å². The molecule has 2 atom stereocenters. The maximum absolute atomic E-state index is 3.64. The van der Waals surface area contributed by atoms with E-state index in [0.717, 1.165) is 12.0 Å². The lowest BCUT2D eigenvalue weighted by Crippen LogP contribution is -2.46. The van der Waals surface area contributed by atoms with Crippen LogP contribution in [-0.2, 0) is 0 Å². The minimum absolute atomic E-state index is 0.850. The van der Waals surface area contributed by atoms with Crippen LogP contribution in [0.2, 0.25) is 0 Å². The molecule has 1 aliphatic heterocycles. The summed E-state index contributed by atoms with van der Waals surface area (Å²) >= 11 is 0. The third kappa shape index (κ3) is 2.94. The molecule has 0 aromatic carbocycles. The number of piperazine rings is 1. The van der Waals surface area contributed by atoms with Gasteiger partial charge < -0.3 is 10.6 Å². The summed E-state index contributed by atoms with van der Waals surface area (Å²) in [5.41, 5.74) is 0. The van der Waals surface area contributed by atoms with E-state index in [4.69, 9.17) is 0 Å². The molecule has 1 aliphatic carbocycles. The first-order valence-electron chi connectivity index (χ1n) is 6.06. The molecule has 82 valence electrons. The van der Waals surface area contributed by atoms with Gasteiger partial charge in [-0.25, -0.2) is 0 Å².